The Hall–Kier alpha value is -1.97. The van der Waals surface area contributed by atoms with Crippen LogP contribution < -0.4 is 0 Å². The van der Waals surface area contributed by atoms with Crippen LogP contribution in [0.15, 0.2) is 18.2 Å². The Labute approximate surface area is 127 Å². The topological polar surface area (TPSA) is 96.5 Å². The number of rotatable bonds is 3. The normalized spacial score (nSPS) is 10.9. The number of halogens is 1. The second-order valence-electron chi connectivity index (χ2n) is 4.01. The molecule has 0 aliphatic heterocycles. The van der Waals surface area contributed by atoms with Gasteiger partial charge in [-0.05, 0) is 41.6 Å². The molecule has 20 heavy (non-hydrogen) atoms. The van der Waals surface area contributed by atoms with E-state index in [1.807, 2.05) is 18.2 Å². The van der Waals surface area contributed by atoms with Crippen molar-refractivity contribution < 1.29 is 9.53 Å². The quantitative estimate of drug-likeness (QED) is 0.534. The maximum absolute atomic E-state index is 11.8. The van der Waals surface area contributed by atoms with Crippen LogP contribution in [0.2, 0.25) is 0 Å². The summed E-state index contributed by atoms with van der Waals surface area (Å²) in [6.07, 6.45) is 0. The number of hydrogen-bond donors (Lipinski definition) is 2. The van der Waals surface area contributed by atoms with Gasteiger partial charge in [0.1, 0.15) is 9.39 Å². The molecule has 0 bridgehead atoms. The second-order valence-corrected chi connectivity index (χ2v) is 5.09. The average molecular weight is 383 g/mol. The first kappa shape index (κ1) is 13.0. The second kappa shape index (κ2) is 5.19. The van der Waals surface area contributed by atoms with Gasteiger partial charge in [0.05, 0.1) is 12.1 Å². The fraction of sp³-hybridized carbons (Fsp3) is 0.167. The van der Waals surface area contributed by atoms with Gasteiger partial charge in [0.25, 0.3) is 0 Å². The zero-order valence-corrected chi connectivity index (χ0v) is 12.6. The van der Waals surface area contributed by atoms with E-state index >= 15 is 0 Å². The van der Waals surface area contributed by atoms with Crippen molar-refractivity contribution in [2.45, 2.75) is 6.92 Å². The highest BCUT2D eigenvalue weighted by atomic mass is 127. The average Bonchev–Trinajstić information content (AvgIpc) is 3.06. The molecule has 0 aliphatic carbocycles. The van der Waals surface area contributed by atoms with Gasteiger partial charge < -0.3 is 4.74 Å². The molecule has 0 amide bonds. The van der Waals surface area contributed by atoms with E-state index in [0.29, 0.717) is 12.3 Å². The fourth-order valence-corrected chi connectivity index (χ4v) is 2.48. The van der Waals surface area contributed by atoms with E-state index in [0.717, 1.165) is 20.2 Å². The monoisotopic (exact) mass is 383 g/mol. The molecule has 0 saturated heterocycles. The van der Waals surface area contributed by atoms with Crippen molar-refractivity contribution >= 4 is 39.5 Å². The van der Waals surface area contributed by atoms with Gasteiger partial charge in [-0.15, -0.1) is 5.10 Å². The van der Waals surface area contributed by atoms with Gasteiger partial charge in [-0.2, -0.15) is 15.4 Å². The Morgan fingerprint density at radius 3 is 3.00 bits per heavy atom. The van der Waals surface area contributed by atoms with Gasteiger partial charge in [-0.25, -0.2) is 4.79 Å². The van der Waals surface area contributed by atoms with E-state index in [9.17, 15) is 4.79 Å². The minimum atomic E-state index is -0.493. The highest BCUT2D eigenvalue weighted by molar-refractivity contribution is 14.1. The van der Waals surface area contributed by atoms with E-state index in [1.165, 1.54) is 0 Å². The first-order valence-corrected chi connectivity index (χ1v) is 7.00. The number of hydrogen-bond acceptors (Lipinski definition) is 5. The minimum absolute atomic E-state index is 0.177. The zero-order valence-electron chi connectivity index (χ0n) is 10.5. The summed E-state index contributed by atoms with van der Waals surface area (Å²) in [6, 6.07) is 5.66. The van der Waals surface area contributed by atoms with Crippen molar-refractivity contribution in [3.05, 3.63) is 27.6 Å². The molecular weight excluding hydrogens is 373 g/mol. The van der Waals surface area contributed by atoms with Gasteiger partial charge >= 0.3 is 5.97 Å². The summed E-state index contributed by atoms with van der Waals surface area (Å²) in [5, 5.41) is 18.5. The summed E-state index contributed by atoms with van der Waals surface area (Å²) >= 11 is 2.18. The summed E-state index contributed by atoms with van der Waals surface area (Å²) in [5.74, 6) is -0.493. The van der Waals surface area contributed by atoms with Crippen molar-refractivity contribution in [2.24, 2.45) is 0 Å². The fourth-order valence-electron chi connectivity index (χ4n) is 1.90. The Balaban J connectivity index is 2.07. The molecule has 2 N–H and O–H groups in total. The minimum Gasteiger partial charge on any atom is -0.461 e. The molecular formula is C12H10IN5O2. The number of fused-ring (bicyclic) bond motifs is 1. The largest absolute Gasteiger partial charge is 0.461 e. The molecule has 2 heterocycles. The maximum Gasteiger partial charge on any atom is 0.361 e. The predicted molar refractivity (Wildman–Crippen MR) is 80.1 cm³/mol. The molecule has 0 saturated carbocycles. The Kier molecular flexibility index (Phi) is 3.38. The van der Waals surface area contributed by atoms with Crippen LogP contribution in [-0.2, 0) is 4.74 Å². The lowest BCUT2D eigenvalue weighted by atomic mass is 10.1. The molecule has 1 aromatic carbocycles. The molecule has 0 unspecified atom stereocenters. The molecule has 3 aromatic rings. The van der Waals surface area contributed by atoms with Crippen molar-refractivity contribution in [1.82, 2.24) is 25.6 Å². The third-order valence-corrected chi connectivity index (χ3v) is 3.62. The van der Waals surface area contributed by atoms with Crippen LogP contribution in [0.25, 0.3) is 22.2 Å². The lowest BCUT2D eigenvalue weighted by Gasteiger charge is -2.01. The van der Waals surface area contributed by atoms with Crippen LogP contribution in [-0.4, -0.2) is 38.2 Å². The summed E-state index contributed by atoms with van der Waals surface area (Å²) in [6.45, 7) is 2.04. The highest BCUT2D eigenvalue weighted by Gasteiger charge is 2.19. The third kappa shape index (κ3) is 2.15. The number of carbonyl (C=O) groups excluding carboxylic acids is 1. The van der Waals surface area contributed by atoms with E-state index in [1.54, 1.807) is 6.92 Å². The standard InChI is InChI=1S/C12H10IN5O2/c1-2-20-12(19)10-9(15-18-16-10)6-3-4-7-8(5-6)14-17-11(7)13/h3-5H,2H2,1H3,(H,14,17)(H,15,16,18). The number of carbonyl (C=O) groups is 1. The zero-order chi connectivity index (χ0) is 14.1. The molecule has 7 nitrogen and oxygen atoms in total. The molecule has 0 aliphatic rings. The molecule has 0 fully saturated rings. The number of benzene rings is 1. The maximum atomic E-state index is 11.8. The van der Waals surface area contributed by atoms with Crippen molar-refractivity contribution in [3.63, 3.8) is 0 Å². The number of aromatic nitrogens is 5. The lowest BCUT2D eigenvalue weighted by molar-refractivity contribution is 0.0520. The number of H-pyrrole nitrogens is 2. The molecule has 3 rings (SSSR count). The Morgan fingerprint density at radius 2 is 2.20 bits per heavy atom. The Bertz CT molecular complexity index is 779. The molecule has 0 spiro atoms. The van der Waals surface area contributed by atoms with Crippen LogP contribution in [0.4, 0.5) is 0 Å². The van der Waals surface area contributed by atoms with Crippen LogP contribution in [0.3, 0.4) is 0 Å². The first-order chi connectivity index (χ1) is 9.70. The van der Waals surface area contributed by atoms with Crippen LogP contribution in [0.5, 0.6) is 0 Å². The van der Waals surface area contributed by atoms with Crippen LogP contribution in [0, 0.1) is 3.70 Å². The number of nitrogens with zero attached hydrogens (tertiary/aromatic N) is 3. The van der Waals surface area contributed by atoms with E-state index in [2.05, 4.69) is 48.2 Å². The molecule has 102 valence electrons. The van der Waals surface area contributed by atoms with Gasteiger partial charge in [-0.1, -0.05) is 6.07 Å². The summed E-state index contributed by atoms with van der Waals surface area (Å²) in [5.41, 5.74) is 2.21. The van der Waals surface area contributed by atoms with Crippen LogP contribution in [0.1, 0.15) is 17.4 Å². The number of ether oxygens (including phenoxy) is 1. The Morgan fingerprint density at radius 1 is 1.35 bits per heavy atom. The van der Waals surface area contributed by atoms with E-state index < -0.39 is 5.97 Å². The summed E-state index contributed by atoms with van der Waals surface area (Å²) < 4.78 is 5.92. The van der Waals surface area contributed by atoms with E-state index in [-0.39, 0.29) is 5.69 Å². The predicted octanol–water partition coefficient (Wildman–Crippen LogP) is 2.13. The third-order valence-electron chi connectivity index (χ3n) is 2.80. The smallest absolute Gasteiger partial charge is 0.361 e. The van der Waals surface area contributed by atoms with Crippen molar-refractivity contribution in [1.29, 1.82) is 0 Å². The molecule has 2 aromatic heterocycles. The highest BCUT2D eigenvalue weighted by Crippen LogP contribution is 2.26. The van der Waals surface area contributed by atoms with Crippen molar-refractivity contribution in [3.8, 4) is 11.3 Å². The lowest BCUT2D eigenvalue weighted by Crippen LogP contribution is -2.06. The SMILES string of the molecule is CCOC(=O)c1n[nH]nc1-c1ccc2c(I)[nH]nc2c1. The van der Waals surface area contributed by atoms with Gasteiger partial charge in [-0.3, -0.25) is 5.10 Å². The number of aromatic amines is 2. The first-order valence-electron chi connectivity index (χ1n) is 5.92. The van der Waals surface area contributed by atoms with Crippen LogP contribution >= 0.6 is 22.6 Å². The summed E-state index contributed by atoms with van der Waals surface area (Å²) in [7, 11) is 0. The summed E-state index contributed by atoms with van der Waals surface area (Å²) in [4.78, 5) is 11.8. The molecule has 0 radical (unpaired) electrons. The number of nitrogens with one attached hydrogen (secondary N) is 2. The molecule has 8 heteroatoms. The van der Waals surface area contributed by atoms with Gasteiger partial charge in [0, 0.05) is 10.9 Å². The number of esters is 1. The van der Waals surface area contributed by atoms with Crippen molar-refractivity contribution in [2.75, 3.05) is 6.61 Å². The molecule has 0 atom stereocenters. The van der Waals surface area contributed by atoms with Gasteiger partial charge in [0.15, 0.2) is 5.69 Å². The van der Waals surface area contributed by atoms with E-state index in [4.69, 9.17) is 4.74 Å². The van der Waals surface area contributed by atoms with Gasteiger partial charge in [0.2, 0.25) is 0 Å².